The van der Waals surface area contributed by atoms with E-state index in [0.29, 0.717) is 0 Å². The number of hydrogen-bond donors (Lipinski definition) is 1. The molecule has 0 radical (unpaired) electrons. The highest BCUT2D eigenvalue weighted by atomic mass is 32.1. The fourth-order valence-corrected chi connectivity index (χ4v) is 2.30. The second-order valence-corrected chi connectivity index (χ2v) is 4.72. The van der Waals surface area contributed by atoms with Crippen molar-refractivity contribution in [3.8, 4) is 5.75 Å². The molecule has 94 valence electrons. The smallest absolute Gasteiger partial charge is 0.355 e. The molecule has 1 heterocycles. The van der Waals surface area contributed by atoms with Gasteiger partial charge in [-0.05, 0) is 48.1 Å². The molecule has 2 rings (SSSR count). The van der Waals surface area contributed by atoms with Gasteiger partial charge in [0.25, 0.3) is 0 Å². The van der Waals surface area contributed by atoms with Crippen LogP contribution in [0.25, 0.3) is 0 Å². The molecule has 18 heavy (non-hydrogen) atoms. The number of methoxy groups -OCH3 is 1. The van der Waals surface area contributed by atoms with E-state index in [1.165, 1.54) is 17.1 Å². The molecule has 0 aliphatic carbocycles. The van der Waals surface area contributed by atoms with E-state index in [1.54, 1.807) is 13.2 Å². The summed E-state index contributed by atoms with van der Waals surface area (Å²) >= 11 is 1.25. The maximum absolute atomic E-state index is 10.7. The van der Waals surface area contributed by atoms with Gasteiger partial charge in [0.1, 0.15) is 5.75 Å². The first-order valence-corrected chi connectivity index (χ1v) is 6.28. The van der Waals surface area contributed by atoms with Crippen LogP contribution in [0.15, 0.2) is 30.3 Å². The van der Waals surface area contributed by atoms with E-state index in [-0.39, 0.29) is 5.69 Å². The van der Waals surface area contributed by atoms with Crippen molar-refractivity contribution >= 4 is 17.5 Å². The number of carboxylic acid groups (broad SMARTS) is 1. The largest absolute Gasteiger partial charge is 0.497 e. The topological polar surface area (TPSA) is 59.4 Å². The van der Waals surface area contributed by atoms with E-state index in [1.807, 2.05) is 24.3 Å². The lowest BCUT2D eigenvalue weighted by Gasteiger charge is -2.02. The summed E-state index contributed by atoms with van der Waals surface area (Å²) in [5.41, 5.74) is 1.32. The van der Waals surface area contributed by atoms with Crippen molar-refractivity contribution in [3.05, 3.63) is 46.5 Å². The van der Waals surface area contributed by atoms with Gasteiger partial charge in [0.15, 0.2) is 5.69 Å². The lowest BCUT2D eigenvalue weighted by molar-refractivity contribution is 0.0692. The molecule has 2 aromatic rings. The quantitative estimate of drug-likeness (QED) is 0.901. The van der Waals surface area contributed by atoms with Crippen LogP contribution >= 0.6 is 11.5 Å². The third kappa shape index (κ3) is 3.07. The van der Waals surface area contributed by atoms with Crippen LogP contribution in [0.2, 0.25) is 0 Å². The normalized spacial score (nSPS) is 10.3. The average molecular weight is 263 g/mol. The van der Waals surface area contributed by atoms with Gasteiger partial charge in [0.2, 0.25) is 0 Å². The summed E-state index contributed by atoms with van der Waals surface area (Å²) in [6, 6.07) is 9.50. The molecule has 0 saturated heterocycles. The lowest BCUT2D eigenvalue weighted by atomic mass is 10.1. The fraction of sp³-hybridized carbons (Fsp3) is 0.231. The van der Waals surface area contributed by atoms with Gasteiger partial charge in [0, 0.05) is 4.88 Å². The zero-order valence-corrected chi connectivity index (χ0v) is 10.7. The van der Waals surface area contributed by atoms with Crippen molar-refractivity contribution in [1.29, 1.82) is 0 Å². The molecule has 0 unspecified atom stereocenters. The number of aryl methyl sites for hydroxylation is 2. The fourth-order valence-electron chi connectivity index (χ4n) is 1.59. The van der Waals surface area contributed by atoms with E-state index in [2.05, 4.69) is 4.37 Å². The van der Waals surface area contributed by atoms with Gasteiger partial charge < -0.3 is 9.84 Å². The Morgan fingerprint density at radius 2 is 2.06 bits per heavy atom. The molecule has 0 bridgehead atoms. The molecule has 0 amide bonds. The predicted molar refractivity (Wildman–Crippen MR) is 69.5 cm³/mol. The number of ether oxygens (including phenoxy) is 1. The number of aromatic carboxylic acids is 1. The summed E-state index contributed by atoms with van der Waals surface area (Å²) in [4.78, 5) is 11.7. The summed E-state index contributed by atoms with van der Waals surface area (Å²) in [5.74, 6) is -0.133. The third-order valence-corrected chi connectivity index (χ3v) is 3.44. The van der Waals surface area contributed by atoms with Crippen LogP contribution in [-0.4, -0.2) is 22.6 Å². The van der Waals surface area contributed by atoms with E-state index < -0.39 is 5.97 Å². The summed E-state index contributed by atoms with van der Waals surface area (Å²) in [6.07, 6.45) is 1.67. The van der Waals surface area contributed by atoms with Crippen LogP contribution < -0.4 is 4.74 Å². The van der Waals surface area contributed by atoms with Gasteiger partial charge in [-0.2, -0.15) is 4.37 Å². The third-order valence-electron chi connectivity index (χ3n) is 2.60. The van der Waals surface area contributed by atoms with Crippen molar-refractivity contribution < 1.29 is 14.6 Å². The van der Waals surface area contributed by atoms with E-state index in [4.69, 9.17) is 9.84 Å². The highest BCUT2D eigenvalue weighted by Gasteiger charge is 2.08. The summed E-state index contributed by atoms with van der Waals surface area (Å²) < 4.78 is 8.97. The summed E-state index contributed by atoms with van der Waals surface area (Å²) in [7, 11) is 1.64. The SMILES string of the molecule is COc1ccc(CCc2cc(C(=O)O)ns2)cc1. The van der Waals surface area contributed by atoms with Gasteiger partial charge in [0.05, 0.1) is 7.11 Å². The van der Waals surface area contributed by atoms with Gasteiger partial charge in [-0.1, -0.05) is 12.1 Å². The molecule has 1 N–H and O–H groups in total. The van der Waals surface area contributed by atoms with Crippen LogP contribution in [0.1, 0.15) is 20.9 Å². The molecule has 4 nitrogen and oxygen atoms in total. The Morgan fingerprint density at radius 1 is 1.33 bits per heavy atom. The van der Waals surface area contributed by atoms with Gasteiger partial charge in [-0.25, -0.2) is 4.79 Å². The Balaban J connectivity index is 1.95. The molecule has 0 saturated carbocycles. The molecular formula is C13H13NO3S. The molecule has 0 atom stereocenters. The molecule has 0 spiro atoms. The molecule has 0 aliphatic heterocycles. The zero-order chi connectivity index (χ0) is 13.0. The van der Waals surface area contributed by atoms with Crippen LogP contribution in [0.3, 0.4) is 0 Å². The Labute approximate surface area is 109 Å². The lowest BCUT2D eigenvalue weighted by Crippen LogP contribution is -1.95. The van der Waals surface area contributed by atoms with Crippen LogP contribution in [0, 0.1) is 0 Å². The maximum atomic E-state index is 10.7. The molecule has 0 fully saturated rings. The maximum Gasteiger partial charge on any atom is 0.355 e. The predicted octanol–water partition coefficient (Wildman–Crippen LogP) is 2.64. The first-order valence-electron chi connectivity index (χ1n) is 5.51. The van der Waals surface area contributed by atoms with Crippen molar-refractivity contribution in [1.82, 2.24) is 4.37 Å². The summed E-state index contributed by atoms with van der Waals surface area (Å²) in [5, 5.41) is 8.77. The minimum atomic E-state index is -0.970. The number of aromatic nitrogens is 1. The highest BCUT2D eigenvalue weighted by Crippen LogP contribution is 2.16. The first-order chi connectivity index (χ1) is 8.69. The number of carboxylic acids is 1. The monoisotopic (exact) mass is 263 g/mol. The zero-order valence-electron chi connectivity index (χ0n) is 9.92. The van der Waals surface area contributed by atoms with Crippen molar-refractivity contribution in [2.45, 2.75) is 12.8 Å². The number of benzene rings is 1. The minimum Gasteiger partial charge on any atom is -0.497 e. The van der Waals surface area contributed by atoms with Crippen molar-refractivity contribution in [2.75, 3.05) is 7.11 Å². The van der Waals surface area contributed by atoms with E-state index >= 15 is 0 Å². The number of nitrogens with zero attached hydrogens (tertiary/aromatic N) is 1. The Bertz CT molecular complexity index is 533. The summed E-state index contributed by atoms with van der Waals surface area (Å²) in [6.45, 7) is 0. The van der Waals surface area contributed by atoms with Gasteiger partial charge >= 0.3 is 5.97 Å². The van der Waals surface area contributed by atoms with Crippen molar-refractivity contribution in [2.24, 2.45) is 0 Å². The number of rotatable bonds is 5. The first kappa shape index (κ1) is 12.6. The second-order valence-electron chi connectivity index (χ2n) is 3.83. The van der Waals surface area contributed by atoms with E-state index in [9.17, 15) is 4.79 Å². The molecule has 5 heteroatoms. The Morgan fingerprint density at radius 3 is 2.61 bits per heavy atom. The molecular weight excluding hydrogens is 250 g/mol. The van der Waals surface area contributed by atoms with Gasteiger partial charge in [-0.3, -0.25) is 0 Å². The molecule has 0 aliphatic rings. The van der Waals surface area contributed by atoms with Crippen molar-refractivity contribution in [3.63, 3.8) is 0 Å². The standard InChI is InChI=1S/C13H13NO3S/c1-17-10-5-2-9(3-6-10)4-7-11-8-12(13(15)16)14-18-11/h2-3,5-6,8H,4,7H2,1H3,(H,15,16). The Hall–Kier alpha value is -1.88. The Kier molecular flexibility index (Phi) is 3.94. The molecule has 1 aromatic heterocycles. The highest BCUT2D eigenvalue weighted by molar-refractivity contribution is 7.05. The number of hydrogen-bond acceptors (Lipinski definition) is 4. The number of carbonyl (C=O) groups is 1. The average Bonchev–Trinajstić information content (AvgIpc) is 2.86. The van der Waals surface area contributed by atoms with Gasteiger partial charge in [-0.15, -0.1) is 0 Å². The minimum absolute atomic E-state index is 0.129. The van der Waals surface area contributed by atoms with Crippen LogP contribution in [-0.2, 0) is 12.8 Å². The van der Waals surface area contributed by atoms with Crippen LogP contribution in [0.5, 0.6) is 5.75 Å². The van der Waals surface area contributed by atoms with Crippen LogP contribution in [0.4, 0.5) is 0 Å². The van der Waals surface area contributed by atoms with E-state index in [0.717, 1.165) is 23.5 Å². The molecule has 1 aromatic carbocycles. The second kappa shape index (κ2) is 5.64.